The molecule has 2 saturated carbocycles. The van der Waals surface area contributed by atoms with Crippen LogP contribution in [0.3, 0.4) is 0 Å². The second kappa shape index (κ2) is 5.17. The molecule has 1 unspecified atom stereocenters. The van der Waals surface area contributed by atoms with Crippen LogP contribution >= 0.6 is 0 Å². The molecule has 0 aromatic carbocycles. The summed E-state index contributed by atoms with van der Waals surface area (Å²) in [6.07, 6.45) is 8.25. The second-order valence-electron chi connectivity index (χ2n) is 5.47. The van der Waals surface area contributed by atoms with Gasteiger partial charge < -0.3 is 11.1 Å². The molecule has 2 rings (SSSR count). The topological polar surface area (TPSA) is 55.1 Å². The van der Waals surface area contributed by atoms with Crippen LogP contribution < -0.4 is 11.1 Å². The Balaban J connectivity index is 1.73. The van der Waals surface area contributed by atoms with Gasteiger partial charge in [-0.05, 0) is 50.9 Å². The van der Waals surface area contributed by atoms with Crippen LogP contribution in [0.15, 0.2) is 0 Å². The Morgan fingerprint density at radius 2 is 1.88 bits per heavy atom. The lowest BCUT2D eigenvalue weighted by Crippen LogP contribution is -2.42. The molecule has 2 aliphatic carbocycles. The Labute approximate surface area is 98.2 Å². The van der Waals surface area contributed by atoms with Crippen molar-refractivity contribution in [3.8, 4) is 0 Å². The highest BCUT2D eigenvalue weighted by Crippen LogP contribution is 2.35. The quantitative estimate of drug-likeness (QED) is 0.748. The van der Waals surface area contributed by atoms with E-state index in [1.807, 2.05) is 0 Å². The summed E-state index contributed by atoms with van der Waals surface area (Å²) in [4.78, 5) is 11.1. The molecule has 0 aromatic rings. The predicted molar refractivity (Wildman–Crippen MR) is 64.9 cm³/mol. The van der Waals surface area contributed by atoms with Gasteiger partial charge in [-0.2, -0.15) is 0 Å². The Hall–Kier alpha value is -0.570. The summed E-state index contributed by atoms with van der Waals surface area (Å²) in [6.45, 7) is 2.27. The summed E-state index contributed by atoms with van der Waals surface area (Å²) < 4.78 is 0. The van der Waals surface area contributed by atoms with Crippen molar-refractivity contribution >= 4 is 5.91 Å². The summed E-state index contributed by atoms with van der Waals surface area (Å²) in [6, 6.07) is 1.34. The van der Waals surface area contributed by atoms with Crippen LogP contribution in [0.1, 0.15) is 51.9 Å². The van der Waals surface area contributed by atoms with Crippen molar-refractivity contribution in [2.24, 2.45) is 17.6 Å². The standard InChI is InChI=1S/C13H24N2O/c1-2-12(9-3-4-9)15-11-7-5-10(6-8-11)13(14)16/h9-12,15H,2-8H2,1H3,(H2,14,16). The molecule has 0 aromatic heterocycles. The molecule has 3 nitrogen and oxygen atoms in total. The van der Waals surface area contributed by atoms with Crippen molar-refractivity contribution in [2.45, 2.75) is 64.0 Å². The highest BCUT2D eigenvalue weighted by molar-refractivity contribution is 5.76. The van der Waals surface area contributed by atoms with E-state index < -0.39 is 0 Å². The minimum absolute atomic E-state index is 0.104. The summed E-state index contributed by atoms with van der Waals surface area (Å²) in [5, 5.41) is 3.77. The van der Waals surface area contributed by atoms with Crippen LogP contribution in [0.4, 0.5) is 0 Å². The van der Waals surface area contributed by atoms with E-state index in [1.54, 1.807) is 0 Å². The van der Waals surface area contributed by atoms with Gasteiger partial charge in [0.15, 0.2) is 0 Å². The molecular formula is C13H24N2O. The maximum atomic E-state index is 11.1. The first-order valence-electron chi connectivity index (χ1n) is 6.76. The van der Waals surface area contributed by atoms with E-state index in [0.29, 0.717) is 6.04 Å². The molecule has 2 aliphatic rings. The van der Waals surface area contributed by atoms with Crippen molar-refractivity contribution in [3.63, 3.8) is 0 Å². The number of primary amides is 1. The number of rotatable bonds is 5. The number of hydrogen-bond acceptors (Lipinski definition) is 2. The van der Waals surface area contributed by atoms with Crippen molar-refractivity contribution < 1.29 is 4.79 Å². The van der Waals surface area contributed by atoms with E-state index in [1.165, 1.54) is 19.3 Å². The predicted octanol–water partition coefficient (Wildman–Crippen LogP) is 1.81. The van der Waals surface area contributed by atoms with Crippen molar-refractivity contribution in [1.29, 1.82) is 0 Å². The largest absolute Gasteiger partial charge is 0.369 e. The van der Waals surface area contributed by atoms with Gasteiger partial charge in [0.1, 0.15) is 0 Å². The van der Waals surface area contributed by atoms with Gasteiger partial charge in [0.25, 0.3) is 0 Å². The SMILES string of the molecule is CCC(NC1CCC(C(N)=O)CC1)C1CC1. The van der Waals surface area contributed by atoms with E-state index in [-0.39, 0.29) is 11.8 Å². The van der Waals surface area contributed by atoms with Crippen molar-refractivity contribution in [1.82, 2.24) is 5.32 Å². The Morgan fingerprint density at radius 3 is 2.31 bits per heavy atom. The maximum absolute atomic E-state index is 11.1. The molecule has 92 valence electrons. The fourth-order valence-corrected chi connectivity index (χ4v) is 2.93. The van der Waals surface area contributed by atoms with Gasteiger partial charge in [0, 0.05) is 18.0 Å². The van der Waals surface area contributed by atoms with Gasteiger partial charge in [-0.25, -0.2) is 0 Å². The Kier molecular flexibility index (Phi) is 3.85. The number of amides is 1. The van der Waals surface area contributed by atoms with Crippen LogP contribution in [0.5, 0.6) is 0 Å². The Morgan fingerprint density at radius 1 is 1.25 bits per heavy atom. The van der Waals surface area contributed by atoms with E-state index >= 15 is 0 Å². The zero-order chi connectivity index (χ0) is 11.5. The highest BCUT2D eigenvalue weighted by atomic mass is 16.1. The number of nitrogens with one attached hydrogen (secondary N) is 1. The summed E-state index contributed by atoms with van der Waals surface area (Å²) >= 11 is 0. The molecule has 1 amide bonds. The molecule has 0 radical (unpaired) electrons. The fraction of sp³-hybridized carbons (Fsp3) is 0.923. The van der Waals surface area contributed by atoms with Gasteiger partial charge in [-0.3, -0.25) is 4.79 Å². The molecule has 1 atom stereocenters. The lowest BCUT2D eigenvalue weighted by atomic mass is 9.85. The van der Waals surface area contributed by atoms with Crippen LogP contribution in [-0.4, -0.2) is 18.0 Å². The zero-order valence-electron chi connectivity index (χ0n) is 10.2. The third-order valence-electron chi connectivity index (χ3n) is 4.21. The van der Waals surface area contributed by atoms with Crippen molar-refractivity contribution in [2.75, 3.05) is 0 Å². The molecule has 2 fully saturated rings. The Bertz CT molecular complexity index is 242. The molecular weight excluding hydrogens is 200 g/mol. The summed E-state index contributed by atoms with van der Waals surface area (Å²) in [7, 11) is 0. The smallest absolute Gasteiger partial charge is 0.220 e. The molecule has 3 N–H and O–H groups in total. The molecule has 0 bridgehead atoms. The van der Waals surface area contributed by atoms with E-state index in [2.05, 4.69) is 12.2 Å². The van der Waals surface area contributed by atoms with Crippen molar-refractivity contribution in [3.05, 3.63) is 0 Å². The van der Waals surface area contributed by atoms with Gasteiger partial charge in [-0.15, -0.1) is 0 Å². The summed E-state index contributed by atoms with van der Waals surface area (Å²) in [5.41, 5.74) is 5.34. The van der Waals surface area contributed by atoms with Gasteiger partial charge >= 0.3 is 0 Å². The molecule has 0 saturated heterocycles. The lowest BCUT2D eigenvalue weighted by molar-refractivity contribution is -0.122. The third-order valence-corrected chi connectivity index (χ3v) is 4.21. The minimum Gasteiger partial charge on any atom is -0.369 e. The van der Waals surface area contributed by atoms with Gasteiger partial charge in [0.2, 0.25) is 5.91 Å². The number of carbonyl (C=O) groups excluding carboxylic acids is 1. The third kappa shape index (κ3) is 2.97. The van der Waals surface area contributed by atoms with Crippen LogP contribution in [-0.2, 0) is 4.79 Å². The fourth-order valence-electron chi connectivity index (χ4n) is 2.93. The normalized spacial score (nSPS) is 32.3. The molecule has 0 heterocycles. The van der Waals surface area contributed by atoms with Crippen LogP contribution in [0, 0.1) is 11.8 Å². The first-order valence-corrected chi connectivity index (χ1v) is 6.76. The first-order chi connectivity index (χ1) is 7.70. The molecule has 0 aliphatic heterocycles. The lowest BCUT2D eigenvalue weighted by Gasteiger charge is -2.31. The van der Waals surface area contributed by atoms with Gasteiger partial charge in [-0.1, -0.05) is 6.92 Å². The van der Waals surface area contributed by atoms with Gasteiger partial charge in [0.05, 0.1) is 0 Å². The number of hydrogen-bond donors (Lipinski definition) is 2. The monoisotopic (exact) mass is 224 g/mol. The van der Waals surface area contributed by atoms with Crippen LogP contribution in [0.2, 0.25) is 0 Å². The molecule has 16 heavy (non-hydrogen) atoms. The zero-order valence-corrected chi connectivity index (χ0v) is 10.2. The number of carbonyl (C=O) groups is 1. The van der Waals surface area contributed by atoms with E-state index in [9.17, 15) is 4.79 Å². The maximum Gasteiger partial charge on any atom is 0.220 e. The molecule has 3 heteroatoms. The number of nitrogens with two attached hydrogens (primary N) is 1. The summed E-state index contributed by atoms with van der Waals surface area (Å²) in [5.74, 6) is 0.964. The highest BCUT2D eigenvalue weighted by Gasteiger charge is 2.32. The van der Waals surface area contributed by atoms with Crippen LogP contribution in [0.25, 0.3) is 0 Å². The van der Waals surface area contributed by atoms with E-state index in [0.717, 1.165) is 37.6 Å². The molecule has 0 spiro atoms. The second-order valence-corrected chi connectivity index (χ2v) is 5.47. The average Bonchev–Trinajstić information content (AvgIpc) is 3.10. The van der Waals surface area contributed by atoms with E-state index in [4.69, 9.17) is 5.73 Å². The first kappa shape index (κ1) is 11.9. The minimum atomic E-state index is -0.104. The average molecular weight is 224 g/mol.